The summed E-state index contributed by atoms with van der Waals surface area (Å²) in [4.78, 5) is 18.8. The highest BCUT2D eigenvalue weighted by atomic mass is 35.5. The van der Waals surface area contributed by atoms with Gasteiger partial charge in [-0.2, -0.15) is 0 Å². The topological polar surface area (TPSA) is 42.4 Å². The summed E-state index contributed by atoms with van der Waals surface area (Å²) in [5.74, 6) is -0.428. The number of carbonyl (C=O) groups is 1. The van der Waals surface area contributed by atoms with Gasteiger partial charge in [-0.25, -0.2) is 9.78 Å². The molecule has 1 aromatic heterocycles. The molecule has 3 rings (SSSR count). The third-order valence-corrected chi connectivity index (χ3v) is 5.80. The van der Waals surface area contributed by atoms with Crippen molar-refractivity contribution in [2.45, 2.75) is 31.7 Å². The molecule has 4 nitrogen and oxygen atoms in total. The lowest BCUT2D eigenvalue weighted by Gasteiger charge is -2.35. The van der Waals surface area contributed by atoms with Gasteiger partial charge in [-0.3, -0.25) is 0 Å². The van der Waals surface area contributed by atoms with Crippen molar-refractivity contribution in [3.8, 4) is 0 Å². The molecule has 1 fully saturated rings. The molecule has 0 aliphatic carbocycles. The minimum absolute atomic E-state index is 0.0179. The Kier molecular flexibility index (Phi) is 4.60. The maximum Gasteiger partial charge on any atom is 0.351 e. The first-order chi connectivity index (χ1) is 11.0. The number of thiazole rings is 1. The molecule has 0 saturated carbocycles. The first-order valence-electron chi connectivity index (χ1n) is 7.60. The molecule has 0 unspecified atom stereocenters. The van der Waals surface area contributed by atoms with E-state index in [2.05, 4.69) is 41.1 Å². The van der Waals surface area contributed by atoms with E-state index < -0.39 is 5.97 Å². The number of nitrogens with zero attached hydrogens (tertiary/aromatic N) is 2. The normalized spacial score (nSPS) is 20.7. The molecule has 0 radical (unpaired) electrons. The van der Waals surface area contributed by atoms with Crippen molar-refractivity contribution < 1.29 is 9.53 Å². The molecule has 2 heterocycles. The number of benzene rings is 1. The van der Waals surface area contributed by atoms with Crippen molar-refractivity contribution in [1.29, 1.82) is 0 Å². The maximum absolute atomic E-state index is 11.8. The quantitative estimate of drug-likeness (QED) is 0.775. The second-order valence-electron chi connectivity index (χ2n) is 6.02. The Balaban J connectivity index is 1.88. The minimum Gasteiger partial charge on any atom is -0.465 e. The predicted molar refractivity (Wildman–Crippen MR) is 93.6 cm³/mol. The van der Waals surface area contributed by atoms with E-state index in [0.29, 0.717) is 4.88 Å². The van der Waals surface area contributed by atoms with Crippen molar-refractivity contribution in [2.75, 3.05) is 18.6 Å². The van der Waals surface area contributed by atoms with E-state index in [-0.39, 0.29) is 10.7 Å². The number of halogens is 1. The van der Waals surface area contributed by atoms with Gasteiger partial charge in [-0.1, -0.05) is 53.3 Å². The van der Waals surface area contributed by atoms with Crippen LogP contribution < -0.4 is 4.90 Å². The van der Waals surface area contributed by atoms with Crippen LogP contribution in [0.4, 0.5) is 5.13 Å². The number of ether oxygens (including phenoxy) is 1. The predicted octanol–water partition coefficient (Wildman–Crippen LogP) is 4.18. The van der Waals surface area contributed by atoms with Crippen molar-refractivity contribution >= 4 is 34.0 Å². The van der Waals surface area contributed by atoms with Crippen LogP contribution in [0.15, 0.2) is 30.3 Å². The molecule has 1 aliphatic rings. The number of aromatic nitrogens is 1. The van der Waals surface area contributed by atoms with E-state index in [1.807, 2.05) is 6.07 Å². The first kappa shape index (κ1) is 16.3. The average molecular weight is 351 g/mol. The van der Waals surface area contributed by atoms with E-state index >= 15 is 0 Å². The second-order valence-corrected chi connectivity index (χ2v) is 7.36. The van der Waals surface area contributed by atoms with Gasteiger partial charge >= 0.3 is 5.97 Å². The molecule has 1 aliphatic heterocycles. The molecule has 0 bridgehead atoms. The number of hydrogen-bond acceptors (Lipinski definition) is 5. The molecule has 2 aromatic rings. The van der Waals surface area contributed by atoms with Crippen LogP contribution in [0.3, 0.4) is 0 Å². The van der Waals surface area contributed by atoms with Crippen molar-refractivity contribution in [1.82, 2.24) is 4.98 Å². The number of carbonyl (C=O) groups excluding carboxylic acids is 1. The lowest BCUT2D eigenvalue weighted by Crippen LogP contribution is -2.43. The molecule has 0 spiro atoms. The highest BCUT2D eigenvalue weighted by molar-refractivity contribution is 7.18. The second kappa shape index (κ2) is 6.49. The van der Waals surface area contributed by atoms with E-state index in [0.717, 1.165) is 30.9 Å². The average Bonchev–Trinajstić information content (AvgIpc) is 3.10. The molecular formula is C17H19ClN2O2S. The standard InChI is InChI=1S/C17H19ClN2O2S/c1-17(11-12-7-4-3-5-8-12)9-6-10-20(17)16-19-14(18)13(23-16)15(21)22-2/h3-5,7-8H,6,9-11H2,1-2H3/t17-/m1/s1. The fourth-order valence-corrected chi connectivity index (χ4v) is 4.55. The van der Waals surface area contributed by atoms with Gasteiger partial charge in [0, 0.05) is 12.1 Å². The van der Waals surface area contributed by atoms with Gasteiger partial charge in [0.25, 0.3) is 0 Å². The van der Waals surface area contributed by atoms with Crippen LogP contribution in [-0.4, -0.2) is 30.1 Å². The molecule has 0 N–H and O–H groups in total. The Hall–Kier alpha value is -1.59. The monoisotopic (exact) mass is 350 g/mol. The Morgan fingerprint density at radius 3 is 2.87 bits per heavy atom. The number of esters is 1. The van der Waals surface area contributed by atoms with E-state index in [4.69, 9.17) is 16.3 Å². The Morgan fingerprint density at radius 1 is 1.43 bits per heavy atom. The third kappa shape index (κ3) is 3.21. The maximum atomic E-state index is 11.8. The van der Waals surface area contributed by atoms with E-state index in [1.165, 1.54) is 24.0 Å². The highest BCUT2D eigenvalue weighted by Gasteiger charge is 2.39. The summed E-state index contributed by atoms with van der Waals surface area (Å²) in [5.41, 5.74) is 1.29. The van der Waals surface area contributed by atoms with Gasteiger partial charge < -0.3 is 9.64 Å². The highest BCUT2D eigenvalue weighted by Crippen LogP contribution is 2.40. The molecule has 0 amide bonds. The minimum atomic E-state index is -0.428. The van der Waals surface area contributed by atoms with Crippen LogP contribution in [0.25, 0.3) is 0 Å². The summed E-state index contributed by atoms with van der Waals surface area (Å²) in [6.07, 6.45) is 3.14. The largest absolute Gasteiger partial charge is 0.465 e. The van der Waals surface area contributed by atoms with Crippen LogP contribution in [0.5, 0.6) is 0 Å². The number of anilines is 1. The lowest BCUT2D eigenvalue weighted by atomic mass is 9.90. The zero-order valence-electron chi connectivity index (χ0n) is 13.2. The Morgan fingerprint density at radius 2 is 2.17 bits per heavy atom. The van der Waals surface area contributed by atoms with Gasteiger partial charge in [-0.15, -0.1) is 0 Å². The summed E-state index contributed by atoms with van der Waals surface area (Å²) in [6, 6.07) is 10.5. The fourth-order valence-electron chi connectivity index (χ4n) is 3.19. The zero-order chi connectivity index (χ0) is 16.4. The molecular weight excluding hydrogens is 332 g/mol. The summed E-state index contributed by atoms with van der Waals surface area (Å²) in [5, 5.41) is 1.03. The molecule has 23 heavy (non-hydrogen) atoms. The molecule has 1 aromatic carbocycles. The first-order valence-corrected chi connectivity index (χ1v) is 8.79. The van der Waals surface area contributed by atoms with E-state index in [1.54, 1.807) is 0 Å². The molecule has 6 heteroatoms. The van der Waals surface area contributed by atoms with Crippen LogP contribution >= 0.6 is 22.9 Å². The fraction of sp³-hybridized carbons (Fsp3) is 0.412. The SMILES string of the molecule is COC(=O)c1sc(N2CCC[C@]2(C)Cc2ccccc2)nc1Cl. The van der Waals surface area contributed by atoms with Gasteiger partial charge in [-0.05, 0) is 31.7 Å². The van der Waals surface area contributed by atoms with Crippen molar-refractivity contribution in [3.63, 3.8) is 0 Å². The van der Waals surface area contributed by atoms with Crippen molar-refractivity contribution in [2.24, 2.45) is 0 Å². The third-order valence-electron chi connectivity index (χ3n) is 4.35. The Bertz CT molecular complexity index is 704. The van der Waals surface area contributed by atoms with Gasteiger partial charge in [0.05, 0.1) is 7.11 Å². The van der Waals surface area contributed by atoms with Crippen LogP contribution in [-0.2, 0) is 11.2 Å². The number of methoxy groups -OCH3 is 1. The number of rotatable bonds is 4. The molecule has 1 saturated heterocycles. The summed E-state index contributed by atoms with van der Waals surface area (Å²) in [7, 11) is 1.35. The van der Waals surface area contributed by atoms with Crippen LogP contribution in [0, 0.1) is 0 Å². The number of hydrogen-bond donors (Lipinski definition) is 0. The smallest absolute Gasteiger partial charge is 0.351 e. The van der Waals surface area contributed by atoms with Crippen LogP contribution in [0.1, 0.15) is 35.0 Å². The lowest BCUT2D eigenvalue weighted by molar-refractivity contribution is 0.0606. The Labute approximate surface area is 145 Å². The van der Waals surface area contributed by atoms with E-state index in [9.17, 15) is 4.79 Å². The zero-order valence-corrected chi connectivity index (χ0v) is 14.8. The van der Waals surface area contributed by atoms with Crippen LogP contribution in [0.2, 0.25) is 5.15 Å². The van der Waals surface area contributed by atoms with Crippen molar-refractivity contribution in [3.05, 3.63) is 45.9 Å². The van der Waals surface area contributed by atoms with Gasteiger partial charge in [0.2, 0.25) is 0 Å². The summed E-state index contributed by atoms with van der Waals surface area (Å²) < 4.78 is 4.77. The molecule has 1 atom stereocenters. The molecule has 122 valence electrons. The summed E-state index contributed by atoms with van der Waals surface area (Å²) in [6.45, 7) is 3.17. The van der Waals surface area contributed by atoms with Gasteiger partial charge in [0.15, 0.2) is 15.2 Å². The summed E-state index contributed by atoms with van der Waals surface area (Å²) >= 11 is 7.43. The van der Waals surface area contributed by atoms with Gasteiger partial charge in [0.1, 0.15) is 0 Å².